The number of nitrogens with zero attached hydrogens (tertiary/aromatic N) is 2. The van der Waals surface area contributed by atoms with Gasteiger partial charge in [-0.15, -0.1) is 0 Å². The van der Waals surface area contributed by atoms with Crippen LogP contribution in [0.3, 0.4) is 0 Å². The second-order valence-corrected chi connectivity index (χ2v) is 4.89. The Hall–Kier alpha value is -0.120. The molecule has 0 aromatic rings. The SMILES string of the molecule is CCN1CCCN(C2CCCC2O)CC1. The first-order valence-corrected chi connectivity index (χ1v) is 6.45. The van der Waals surface area contributed by atoms with Crippen molar-refractivity contribution in [2.75, 3.05) is 32.7 Å². The van der Waals surface area contributed by atoms with Gasteiger partial charge in [0.05, 0.1) is 6.10 Å². The van der Waals surface area contributed by atoms with Crippen molar-refractivity contribution in [3.8, 4) is 0 Å². The minimum Gasteiger partial charge on any atom is -0.391 e. The van der Waals surface area contributed by atoms with Crippen LogP contribution in [0.5, 0.6) is 0 Å². The first kappa shape index (κ1) is 11.4. The van der Waals surface area contributed by atoms with Gasteiger partial charge in [-0.1, -0.05) is 6.92 Å². The van der Waals surface area contributed by atoms with E-state index in [0.29, 0.717) is 6.04 Å². The third-order valence-electron chi connectivity index (χ3n) is 3.98. The number of likely N-dealkylation sites (N-methyl/N-ethyl adjacent to an activating group) is 1. The zero-order valence-corrected chi connectivity index (χ0v) is 9.86. The fourth-order valence-corrected chi connectivity index (χ4v) is 2.99. The van der Waals surface area contributed by atoms with E-state index in [1.54, 1.807) is 0 Å². The Morgan fingerprint density at radius 2 is 1.93 bits per heavy atom. The normalized spacial score (nSPS) is 35.6. The van der Waals surface area contributed by atoms with E-state index in [2.05, 4.69) is 16.7 Å². The van der Waals surface area contributed by atoms with Gasteiger partial charge in [0, 0.05) is 19.1 Å². The van der Waals surface area contributed by atoms with Gasteiger partial charge in [-0.05, 0) is 45.3 Å². The summed E-state index contributed by atoms with van der Waals surface area (Å²) in [6, 6.07) is 0.460. The number of hydrogen-bond acceptors (Lipinski definition) is 3. The van der Waals surface area contributed by atoms with E-state index < -0.39 is 0 Å². The molecule has 1 aliphatic carbocycles. The van der Waals surface area contributed by atoms with Gasteiger partial charge in [0.1, 0.15) is 0 Å². The summed E-state index contributed by atoms with van der Waals surface area (Å²) in [5.41, 5.74) is 0. The molecule has 0 aromatic carbocycles. The van der Waals surface area contributed by atoms with E-state index >= 15 is 0 Å². The lowest BCUT2D eigenvalue weighted by atomic mass is 10.1. The molecule has 0 aromatic heterocycles. The molecule has 15 heavy (non-hydrogen) atoms. The van der Waals surface area contributed by atoms with Crippen molar-refractivity contribution in [3.05, 3.63) is 0 Å². The summed E-state index contributed by atoms with van der Waals surface area (Å²) in [7, 11) is 0. The van der Waals surface area contributed by atoms with Crippen molar-refractivity contribution >= 4 is 0 Å². The van der Waals surface area contributed by atoms with Crippen molar-refractivity contribution < 1.29 is 5.11 Å². The lowest BCUT2D eigenvalue weighted by Crippen LogP contribution is -2.42. The van der Waals surface area contributed by atoms with Gasteiger partial charge in [-0.3, -0.25) is 4.90 Å². The van der Waals surface area contributed by atoms with Crippen LogP contribution in [0, 0.1) is 0 Å². The van der Waals surface area contributed by atoms with Crippen molar-refractivity contribution in [1.29, 1.82) is 0 Å². The van der Waals surface area contributed by atoms with Gasteiger partial charge in [0.25, 0.3) is 0 Å². The standard InChI is InChI=1S/C12H24N2O/c1-2-13-7-4-8-14(10-9-13)11-5-3-6-12(11)15/h11-12,15H,2-10H2,1H3. The number of hydrogen-bond donors (Lipinski definition) is 1. The topological polar surface area (TPSA) is 26.7 Å². The lowest BCUT2D eigenvalue weighted by molar-refractivity contribution is 0.0729. The summed E-state index contributed by atoms with van der Waals surface area (Å²) in [6.07, 6.45) is 4.63. The molecule has 1 aliphatic heterocycles. The predicted octanol–water partition coefficient (Wildman–Crippen LogP) is 0.927. The van der Waals surface area contributed by atoms with E-state index in [1.807, 2.05) is 0 Å². The molecule has 2 unspecified atom stereocenters. The van der Waals surface area contributed by atoms with Crippen LogP contribution in [0.2, 0.25) is 0 Å². The van der Waals surface area contributed by atoms with Crippen LogP contribution >= 0.6 is 0 Å². The Bertz CT molecular complexity index is 198. The number of aliphatic hydroxyl groups excluding tert-OH is 1. The molecule has 1 saturated carbocycles. The first-order valence-electron chi connectivity index (χ1n) is 6.45. The average Bonchev–Trinajstić information content (AvgIpc) is 2.54. The van der Waals surface area contributed by atoms with Crippen molar-refractivity contribution in [2.24, 2.45) is 0 Å². The van der Waals surface area contributed by atoms with E-state index in [4.69, 9.17) is 0 Å². The molecule has 3 nitrogen and oxygen atoms in total. The molecule has 0 amide bonds. The fraction of sp³-hybridized carbons (Fsp3) is 1.00. The number of aliphatic hydroxyl groups is 1. The first-order chi connectivity index (χ1) is 7.31. The van der Waals surface area contributed by atoms with Crippen LogP contribution < -0.4 is 0 Å². The fourth-order valence-electron chi connectivity index (χ4n) is 2.99. The van der Waals surface area contributed by atoms with Crippen LogP contribution in [0.1, 0.15) is 32.6 Å². The molecule has 1 saturated heterocycles. The maximum atomic E-state index is 9.90. The highest BCUT2D eigenvalue weighted by Crippen LogP contribution is 2.24. The van der Waals surface area contributed by atoms with Gasteiger partial charge in [0.15, 0.2) is 0 Å². The second kappa shape index (κ2) is 5.28. The molecule has 0 radical (unpaired) electrons. The Balaban J connectivity index is 1.87. The zero-order chi connectivity index (χ0) is 10.7. The summed E-state index contributed by atoms with van der Waals surface area (Å²) in [5, 5.41) is 9.90. The van der Waals surface area contributed by atoms with Crippen LogP contribution in [-0.4, -0.2) is 59.8 Å². The molecule has 88 valence electrons. The van der Waals surface area contributed by atoms with Gasteiger partial charge >= 0.3 is 0 Å². The minimum atomic E-state index is -0.0572. The monoisotopic (exact) mass is 212 g/mol. The summed E-state index contributed by atoms with van der Waals surface area (Å²) >= 11 is 0. The quantitative estimate of drug-likeness (QED) is 0.737. The highest BCUT2D eigenvalue weighted by Gasteiger charge is 2.31. The van der Waals surface area contributed by atoms with Crippen LogP contribution in [-0.2, 0) is 0 Å². The van der Waals surface area contributed by atoms with Gasteiger partial charge in [-0.2, -0.15) is 0 Å². The largest absolute Gasteiger partial charge is 0.391 e. The Morgan fingerprint density at radius 1 is 1.07 bits per heavy atom. The molecule has 2 fully saturated rings. The predicted molar refractivity (Wildman–Crippen MR) is 61.9 cm³/mol. The molecule has 1 heterocycles. The Morgan fingerprint density at radius 3 is 2.60 bits per heavy atom. The van der Waals surface area contributed by atoms with Crippen molar-refractivity contribution in [3.63, 3.8) is 0 Å². The van der Waals surface area contributed by atoms with Gasteiger partial charge in [-0.25, -0.2) is 0 Å². The molecular formula is C12H24N2O. The van der Waals surface area contributed by atoms with Gasteiger partial charge in [0.2, 0.25) is 0 Å². The molecule has 2 atom stereocenters. The van der Waals surface area contributed by atoms with E-state index in [0.717, 1.165) is 13.0 Å². The van der Waals surface area contributed by atoms with Crippen LogP contribution in [0.15, 0.2) is 0 Å². The Kier molecular flexibility index (Phi) is 4.00. The van der Waals surface area contributed by atoms with Crippen LogP contribution in [0.4, 0.5) is 0 Å². The van der Waals surface area contributed by atoms with E-state index in [1.165, 1.54) is 45.4 Å². The van der Waals surface area contributed by atoms with Crippen LogP contribution in [0.25, 0.3) is 0 Å². The maximum absolute atomic E-state index is 9.90. The molecule has 1 N–H and O–H groups in total. The smallest absolute Gasteiger partial charge is 0.0695 e. The molecule has 2 aliphatic rings. The zero-order valence-electron chi connectivity index (χ0n) is 9.86. The Labute approximate surface area is 93.1 Å². The number of rotatable bonds is 2. The third-order valence-corrected chi connectivity index (χ3v) is 3.98. The molecule has 0 spiro atoms. The third kappa shape index (κ3) is 2.71. The lowest BCUT2D eigenvalue weighted by Gasteiger charge is -2.29. The summed E-state index contributed by atoms with van der Waals surface area (Å²) in [5.74, 6) is 0. The average molecular weight is 212 g/mol. The highest BCUT2D eigenvalue weighted by atomic mass is 16.3. The molecule has 0 bridgehead atoms. The second-order valence-electron chi connectivity index (χ2n) is 4.89. The maximum Gasteiger partial charge on any atom is 0.0695 e. The summed E-state index contributed by atoms with van der Waals surface area (Å²) in [6.45, 7) is 8.14. The van der Waals surface area contributed by atoms with E-state index in [9.17, 15) is 5.11 Å². The molecule has 2 rings (SSSR count). The molecule has 3 heteroatoms. The van der Waals surface area contributed by atoms with Gasteiger partial charge < -0.3 is 10.0 Å². The highest BCUT2D eigenvalue weighted by molar-refractivity contribution is 4.86. The summed E-state index contributed by atoms with van der Waals surface area (Å²) < 4.78 is 0. The van der Waals surface area contributed by atoms with E-state index in [-0.39, 0.29) is 6.10 Å². The summed E-state index contributed by atoms with van der Waals surface area (Å²) in [4.78, 5) is 5.04. The minimum absolute atomic E-state index is 0.0572. The molecular weight excluding hydrogens is 188 g/mol. The van der Waals surface area contributed by atoms with Crippen molar-refractivity contribution in [2.45, 2.75) is 44.8 Å². The van der Waals surface area contributed by atoms with Crippen molar-refractivity contribution in [1.82, 2.24) is 9.80 Å².